The van der Waals surface area contributed by atoms with Crippen molar-refractivity contribution in [1.29, 1.82) is 0 Å². The van der Waals surface area contributed by atoms with E-state index in [4.69, 9.17) is 9.47 Å². The van der Waals surface area contributed by atoms with Crippen LogP contribution in [0.1, 0.15) is 47.1 Å². The van der Waals surface area contributed by atoms with Crippen molar-refractivity contribution in [3.05, 3.63) is 29.8 Å². The van der Waals surface area contributed by atoms with Gasteiger partial charge in [-0.25, -0.2) is 4.79 Å². The van der Waals surface area contributed by atoms with Crippen molar-refractivity contribution < 1.29 is 19.4 Å². The molecular weight excluding hydrogens is 306 g/mol. The molecule has 1 unspecified atom stereocenters. The lowest BCUT2D eigenvalue weighted by Crippen LogP contribution is -2.46. The summed E-state index contributed by atoms with van der Waals surface area (Å²) in [6, 6.07) is 7.71. The lowest BCUT2D eigenvalue weighted by molar-refractivity contribution is 0.00188. The maximum Gasteiger partial charge on any atom is 0.410 e. The van der Waals surface area contributed by atoms with Crippen LogP contribution in [0.25, 0.3) is 0 Å². The predicted octanol–water partition coefficient (Wildman–Crippen LogP) is 3.63. The molecule has 1 rings (SSSR count). The van der Waals surface area contributed by atoms with E-state index in [0.29, 0.717) is 5.75 Å². The van der Waals surface area contributed by atoms with Gasteiger partial charge < -0.3 is 19.5 Å². The van der Waals surface area contributed by atoms with Crippen molar-refractivity contribution in [2.45, 2.75) is 65.7 Å². The Bertz CT molecular complexity index is 505. The van der Waals surface area contributed by atoms with Crippen molar-refractivity contribution in [3.63, 3.8) is 0 Å². The summed E-state index contributed by atoms with van der Waals surface area (Å²) in [7, 11) is 0. The Kier molecular flexibility index (Phi) is 7.55. The van der Waals surface area contributed by atoms with Crippen LogP contribution in [0, 0.1) is 0 Å². The lowest BCUT2D eigenvalue weighted by Gasteiger charge is -2.31. The van der Waals surface area contributed by atoms with E-state index in [2.05, 4.69) is 6.92 Å². The standard InChI is InChI=1S/C19H31NO4/c1-7-15-8-10-17(11-9-15)23-13-16(21)12-20(14(2)3)18(22)24-19(4,5)6/h8-11,14,16,21H,7,12-13H2,1-6H3. The van der Waals surface area contributed by atoms with Gasteiger partial charge in [0.15, 0.2) is 0 Å². The van der Waals surface area contributed by atoms with Gasteiger partial charge in [0.1, 0.15) is 24.1 Å². The highest BCUT2D eigenvalue weighted by atomic mass is 16.6. The first-order chi connectivity index (χ1) is 11.1. The number of ether oxygens (including phenoxy) is 2. The Balaban J connectivity index is 2.55. The Morgan fingerprint density at radius 3 is 2.25 bits per heavy atom. The van der Waals surface area contributed by atoms with E-state index in [0.717, 1.165) is 6.42 Å². The smallest absolute Gasteiger partial charge is 0.410 e. The molecular formula is C19H31NO4. The number of carbonyl (C=O) groups is 1. The van der Waals surface area contributed by atoms with Crippen LogP contribution < -0.4 is 4.74 Å². The molecule has 0 fully saturated rings. The van der Waals surface area contributed by atoms with E-state index in [1.165, 1.54) is 10.5 Å². The molecule has 1 aromatic carbocycles. The van der Waals surface area contributed by atoms with Gasteiger partial charge in [-0.1, -0.05) is 19.1 Å². The van der Waals surface area contributed by atoms with Crippen LogP contribution in [0.4, 0.5) is 4.79 Å². The van der Waals surface area contributed by atoms with Gasteiger partial charge in [0.25, 0.3) is 0 Å². The van der Waals surface area contributed by atoms with Crippen molar-refractivity contribution >= 4 is 6.09 Å². The molecule has 0 saturated heterocycles. The molecule has 0 aliphatic rings. The molecule has 5 nitrogen and oxygen atoms in total. The summed E-state index contributed by atoms with van der Waals surface area (Å²) in [5.41, 5.74) is 0.672. The summed E-state index contributed by atoms with van der Waals surface area (Å²) >= 11 is 0. The summed E-state index contributed by atoms with van der Waals surface area (Å²) in [4.78, 5) is 13.7. The minimum atomic E-state index is -0.786. The molecule has 0 spiro atoms. The fourth-order valence-corrected chi connectivity index (χ4v) is 2.11. The van der Waals surface area contributed by atoms with Crippen LogP contribution in [-0.2, 0) is 11.2 Å². The minimum absolute atomic E-state index is 0.0710. The first-order valence-corrected chi connectivity index (χ1v) is 8.51. The maximum atomic E-state index is 12.2. The molecule has 0 aromatic heterocycles. The second-order valence-electron chi connectivity index (χ2n) is 7.19. The highest BCUT2D eigenvalue weighted by molar-refractivity contribution is 5.68. The summed E-state index contributed by atoms with van der Waals surface area (Å²) < 4.78 is 11.0. The Morgan fingerprint density at radius 2 is 1.79 bits per heavy atom. The van der Waals surface area contributed by atoms with Crippen molar-refractivity contribution in [2.75, 3.05) is 13.2 Å². The fraction of sp³-hybridized carbons (Fsp3) is 0.632. The molecule has 0 bridgehead atoms. The van der Waals surface area contributed by atoms with E-state index in [-0.39, 0.29) is 19.2 Å². The van der Waals surface area contributed by atoms with Gasteiger partial charge in [-0.3, -0.25) is 0 Å². The highest BCUT2D eigenvalue weighted by Crippen LogP contribution is 2.15. The number of aryl methyl sites for hydroxylation is 1. The van der Waals surface area contributed by atoms with Crippen molar-refractivity contribution in [1.82, 2.24) is 4.90 Å². The normalized spacial score (nSPS) is 12.8. The SMILES string of the molecule is CCc1ccc(OCC(O)CN(C(=O)OC(C)(C)C)C(C)C)cc1. The maximum absolute atomic E-state index is 12.2. The summed E-state index contributed by atoms with van der Waals surface area (Å²) in [6.45, 7) is 11.6. The van der Waals surface area contributed by atoms with Crippen LogP contribution in [0.3, 0.4) is 0 Å². The summed E-state index contributed by atoms with van der Waals surface area (Å²) in [6.07, 6.45) is -0.239. The molecule has 24 heavy (non-hydrogen) atoms. The molecule has 1 atom stereocenters. The minimum Gasteiger partial charge on any atom is -0.491 e. The van der Waals surface area contributed by atoms with E-state index in [1.807, 2.05) is 58.9 Å². The third-order valence-electron chi connectivity index (χ3n) is 3.43. The summed E-state index contributed by atoms with van der Waals surface area (Å²) in [5, 5.41) is 10.2. The number of carbonyl (C=O) groups excluding carboxylic acids is 1. The van der Waals surface area contributed by atoms with Gasteiger partial charge in [0.2, 0.25) is 0 Å². The quantitative estimate of drug-likeness (QED) is 0.825. The number of hydrogen-bond acceptors (Lipinski definition) is 4. The fourth-order valence-electron chi connectivity index (χ4n) is 2.11. The van der Waals surface area contributed by atoms with Crippen LogP contribution in [0.5, 0.6) is 5.75 Å². The van der Waals surface area contributed by atoms with Gasteiger partial charge in [0, 0.05) is 6.04 Å². The number of aliphatic hydroxyl groups excluding tert-OH is 1. The average molecular weight is 337 g/mol. The molecule has 0 saturated carbocycles. The largest absolute Gasteiger partial charge is 0.491 e. The Morgan fingerprint density at radius 1 is 1.21 bits per heavy atom. The third-order valence-corrected chi connectivity index (χ3v) is 3.43. The molecule has 1 aromatic rings. The average Bonchev–Trinajstić information content (AvgIpc) is 2.49. The van der Waals surface area contributed by atoms with Gasteiger partial charge in [-0.15, -0.1) is 0 Å². The number of aliphatic hydroxyl groups is 1. The second kappa shape index (κ2) is 8.92. The molecule has 0 aliphatic heterocycles. The van der Waals surface area contributed by atoms with E-state index < -0.39 is 17.8 Å². The topological polar surface area (TPSA) is 59.0 Å². The molecule has 0 heterocycles. The van der Waals surface area contributed by atoms with E-state index in [1.54, 1.807) is 0 Å². The van der Waals surface area contributed by atoms with Gasteiger partial charge in [-0.2, -0.15) is 0 Å². The zero-order valence-corrected chi connectivity index (χ0v) is 15.7. The number of hydrogen-bond donors (Lipinski definition) is 1. The Labute approximate surface area is 145 Å². The van der Waals surface area contributed by atoms with Gasteiger partial charge in [0.05, 0.1) is 6.54 Å². The third kappa shape index (κ3) is 7.21. The first-order valence-electron chi connectivity index (χ1n) is 8.51. The van der Waals surface area contributed by atoms with Gasteiger partial charge >= 0.3 is 6.09 Å². The first kappa shape index (κ1) is 20.3. The van der Waals surface area contributed by atoms with E-state index in [9.17, 15) is 9.90 Å². The number of rotatable bonds is 7. The van der Waals surface area contributed by atoms with Crippen molar-refractivity contribution in [3.8, 4) is 5.75 Å². The monoisotopic (exact) mass is 337 g/mol. The van der Waals surface area contributed by atoms with Crippen LogP contribution in [0.15, 0.2) is 24.3 Å². The number of benzene rings is 1. The van der Waals surface area contributed by atoms with Gasteiger partial charge in [-0.05, 0) is 58.7 Å². The second-order valence-corrected chi connectivity index (χ2v) is 7.19. The molecule has 1 N–H and O–H groups in total. The lowest BCUT2D eigenvalue weighted by atomic mass is 10.2. The Hall–Kier alpha value is -1.75. The van der Waals surface area contributed by atoms with E-state index >= 15 is 0 Å². The summed E-state index contributed by atoms with van der Waals surface area (Å²) in [5.74, 6) is 0.708. The van der Waals surface area contributed by atoms with Crippen molar-refractivity contribution in [2.24, 2.45) is 0 Å². The molecule has 0 aliphatic carbocycles. The number of amides is 1. The number of nitrogens with zero attached hydrogens (tertiary/aromatic N) is 1. The molecule has 5 heteroatoms. The highest BCUT2D eigenvalue weighted by Gasteiger charge is 2.26. The zero-order valence-electron chi connectivity index (χ0n) is 15.7. The van der Waals surface area contributed by atoms with Crippen LogP contribution >= 0.6 is 0 Å². The molecule has 136 valence electrons. The molecule has 0 radical (unpaired) electrons. The van der Waals surface area contributed by atoms with Crippen LogP contribution in [0.2, 0.25) is 0 Å². The van der Waals surface area contributed by atoms with Crippen LogP contribution in [-0.4, -0.2) is 47.0 Å². The molecule has 1 amide bonds. The zero-order chi connectivity index (χ0) is 18.3. The predicted molar refractivity (Wildman–Crippen MR) is 95.4 cm³/mol.